The van der Waals surface area contributed by atoms with E-state index < -0.39 is 40.2 Å². The monoisotopic (exact) mass is 360 g/mol. The molecule has 2 fully saturated rings. The average molecular weight is 360 g/mol. The lowest BCUT2D eigenvalue weighted by Gasteiger charge is -2.29. The van der Waals surface area contributed by atoms with Gasteiger partial charge in [0, 0.05) is 5.39 Å². The Kier molecular flexibility index (Phi) is 3.19. The van der Waals surface area contributed by atoms with Crippen molar-refractivity contribution in [3.8, 4) is 0 Å². The second-order valence-corrected chi connectivity index (χ2v) is 7.40. The Hall–Kier alpha value is -3.14. The van der Waals surface area contributed by atoms with E-state index in [-0.39, 0.29) is 4.90 Å². The second-order valence-electron chi connectivity index (χ2n) is 5.61. The van der Waals surface area contributed by atoms with Crippen LogP contribution in [0, 0.1) is 0 Å². The van der Waals surface area contributed by atoms with Crippen molar-refractivity contribution < 1.29 is 22.8 Å². The number of fused-ring (bicyclic) bond motifs is 2. The molecular formula is C15H12N4O5S. The smallest absolute Gasteiger partial charge is 0.321 e. The molecule has 10 heteroatoms. The minimum absolute atomic E-state index is 0.0818. The van der Waals surface area contributed by atoms with Crippen LogP contribution in [0.3, 0.4) is 0 Å². The largest absolute Gasteiger partial charge is 0.334 e. The zero-order valence-corrected chi connectivity index (χ0v) is 13.4. The second kappa shape index (κ2) is 5.18. The topological polar surface area (TPSA) is 125 Å². The summed E-state index contributed by atoms with van der Waals surface area (Å²) in [6.07, 6.45) is -1.32. The Labute approximate surface area is 142 Å². The van der Waals surface area contributed by atoms with Gasteiger partial charge in [0.15, 0.2) is 12.2 Å². The Morgan fingerprint density at radius 2 is 1.64 bits per heavy atom. The summed E-state index contributed by atoms with van der Waals surface area (Å²) in [5, 5.41) is 7.70. The Balaban J connectivity index is 1.86. The number of nitrogens with one attached hydrogen (secondary N) is 3. The van der Waals surface area contributed by atoms with Crippen LogP contribution in [0.25, 0.3) is 10.8 Å². The van der Waals surface area contributed by atoms with Crippen LogP contribution < -0.4 is 16.0 Å². The lowest BCUT2D eigenvalue weighted by atomic mass is 10.1. The lowest BCUT2D eigenvalue weighted by Crippen LogP contribution is -2.65. The van der Waals surface area contributed by atoms with Gasteiger partial charge >= 0.3 is 12.1 Å². The van der Waals surface area contributed by atoms with Crippen LogP contribution in [0.2, 0.25) is 0 Å². The number of rotatable bonds is 2. The van der Waals surface area contributed by atoms with Crippen LogP contribution in [-0.2, 0) is 14.8 Å². The summed E-state index contributed by atoms with van der Waals surface area (Å²) in [6.45, 7) is 0. The number of hydrogen-bond acceptors (Lipinski definition) is 5. The molecule has 0 unspecified atom stereocenters. The fourth-order valence-corrected chi connectivity index (χ4v) is 4.70. The zero-order chi connectivity index (χ0) is 17.8. The molecule has 128 valence electrons. The van der Waals surface area contributed by atoms with E-state index in [1.807, 2.05) is 5.32 Å². The number of carbonyl (C=O) groups excluding carboxylic acids is 3. The molecule has 2 atom stereocenters. The van der Waals surface area contributed by atoms with Crippen molar-refractivity contribution in [2.45, 2.75) is 17.1 Å². The zero-order valence-electron chi connectivity index (χ0n) is 12.6. The van der Waals surface area contributed by atoms with Crippen LogP contribution in [-0.4, -0.2) is 42.9 Å². The van der Waals surface area contributed by atoms with Crippen molar-refractivity contribution in [2.75, 3.05) is 0 Å². The van der Waals surface area contributed by atoms with E-state index in [0.29, 0.717) is 15.1 Å². The third-order valence-corrected chi connectivity index (χ3v) is 5.95. The number of nitrogens with zero attached hydrogens (tertiary/aromatic N) is 1. The van der Waals surface area contributed by atoms with Gasteiger partial charge in [-0.2, -0.15) is 4.31 Å². The Morgan fingerprint density at radius 1 is 0.920 bits per heavy atom. The van der Waals surface area contributed by atoms with E-state index in [1.54, 1.807) is 36.4 Å². The van der Waals surface area contributed by atoms with Gasteiger partial charge < -0.3 is 10.6 Å². The molecule has 2 aromatic rings. The van der Waals surface area contributed by atoms with Crippen LogP contribution in [0.5, 0.6) is 0 Å². The van der Waals surface area contributed by atoms with Crippen molar-refractivity contribution in [3.05, 3.63) is 42.5 Å². The highest BCUT2D eigenvalue weighted by atomic mass is 32.2. The molecule has 9 nitrogen and oxygen atoms in total. The molecule has 0 aromatic heterocycles. The van der Waals surface area contributed by atoms with E-state index in [4.69, 9.17) is 0 Å². The summed E-state index contributed by atoms with van der Waals surface area (Å²) in [7, 11) is -4.31. The molecule has 0 bridgehead atoms. The van der Waals surface area contributed by atoms with Gasteiger partial charge in [-0.05, 0) is 11.5 Å². The Morgan fingerprint density at radius 3 is 2.44 bits per heavy atom. The van der Waals surface area contributed by atoms with E-state index >= 15 is 0 Å². The molecule has 2 aromatic carbocycles. The number of amides is 5. The standard InChI is InChI=1S/C15H12N4O5S/c20-13-11-12(17-14(21)18-13)19(15(22)16-11)25(23,24)10-7-3-5-8-4-1-2-6-9(8)10/h1-7,11-12H,(H,16,22)(H2,17,18,20,21)/t11-,12-/m0/s1. The third-order valence-electron chi connectivity index (χ3n) is 4.13. The average Bonchev–Trinajstić information content (AvgIpc) is 2.91. The van der Waals surface area contributed by atoms with Crippen LogP contribution in [0.1, 0.15) is 0 Å². The van der Waals surface area contributed by atoms with Crippen molar-refractivity contribution in [1.29, 1.82) is 0 Å². The molecule has 0 saturated carbocycles. The molecule has 4 rings (SSSR count). The first kappa shape index (κ1) is 15.4. The minimum atomic E-state index is -4.31. The van der Waals surface area contributed by atoms with E-state index in [1.165, 1.54) is 6.07 Å². The number of urea groups is 2. The van der Waals surface area contributed by atoms with Gasteiger partial charge in [0.25, 0.3) is 15.9 Å². The first-order valence-electron chi connectivity index (χ1n) is 7.33. The van der Waals surface area contributed by atoms with E-state index in [2.05, 4.69) is 10.6 Å². The van der Waals surface area contributed by atoms with E-state index in [0.717, 1.165) is 0 Å². The van der Waals surface area contributed by atoms with Crippen molar-refractivity contribution >= 4 is 38.8 Å². The third kappa shape index (κ3) is 2.22. The highest BCUT2D eigenvalue weighted by Crippen LogP contribution is 2.29. The highest BCUT2D eigenvalue weighted by Gasteiger charge is 2.53. The molecular weight excluding hydrogens is 348 g/mol. The summed E-state index contributed by atoms with van der Waals surface area (Å²) >= 11 is 0. The fraction of sp³-hybridized carbons (Fsp3) is 0.133. The Bertz CT molecular complexity index is 1030. The minimum Gasteiger partial charge on any atom is -0.321 e. The highest BCUT2D eigenvalue weighted by molar-refractivity contribution is 7.90. The van der Waals surface area contributed by atoms with Gasteiger partial charge in [0.2, 0.25) is 0 Å². The van der Waals surface area contributed by atoms with Gasteiger partial charge in [-0.3, -0.25) is 10.1 Å². The summed E-state index contributed by atoms with van der Waals surface area (Å²) < 4.78 is 26.7. The van der Waals surface area contributed by atoms with Gasteiger partial charge in [-0.15, -0.1) is 0 Å². The van der Waals surface area contributed by atoms with Crippen LogP contribution in [0.4, 0.5) is 9.59 Å². The molecule has 2 aliphatic heterocycles. The van der Waals surface area contributed by atoms with Crippen molar-refractivity contribution in [2.24, 2.45) is 0 Å². The lowest BCUT2D eigenvalue weighted by molar-refractivity contribution is -0.123. The normalized spacial score (nSPS) is 23.0. The van der Waals surface area contributed by atoms with Gasteiger partial charge in [0.1, 0.15) is 0 Å². The maximum atomic E-state index is 13.1. The van der Waals surface area contributed by atoms with Gasteiger partial charge in [-0.1, -0.05) is 36.4 Å². The van der Waals surface area contributed by atoms with Crippen LogP contribution >= 0.6 is 0 Å². The van der Waals surface area contributed by atoms with Gasteiger partial charge in [-0.25, -0.2) is 18.0 Å². The molecule has 2 heterocycles. The number of imide groups is 1. The molecule has 0 radical (unpaired) electrons. The molecule has 0 spiro atoms. The summed E-state index contributed by atoms with van der Waals surface area (Å²) in [4.78, 5) is 35.6. The molecule has 0 aliphatic carbocycles. The summed E-state index contributed by atoms with van der Waals surface area (Å²) in [6, 6.07) is 8.49. The number of benzene rings is 2. The van der Waals surface area contributed by atoms with Crippen molar-refractivity contribution in [3.63, 3.8) is 0 Å². The molecule has 2 aliphatic rings. The molecule has 3 N–H and O–H groups in total. The SMILES string of the molecule is O=C1NC(=O)[C@H]2NC(=O)N(S(=O)(=O)c3cccc4ccccc34)[C@@H]2N1. The summed E-state index contributed by atoms with van der Waals surface area (Å²) in [5.74, 6) is -0.766. The first-order chi connectivity index (χ1) is 11.9. The summed E-state index contributed by atoms with van der Waals surface area (Å²) in [5.41, 5.74) is 0. The predicted molar refractivity (Wildman–Crippen MR) is 85.8 cm³/mol. The van der Waals surface area contributed by atoms with Crippen molar-refractivity contribution in [1.82, 2.24) is 20.3 Å². The first-order valence-corrected chi connectivity index (χ1v) is 8.77. The number of sulfonamides is 1. The number of hydrogen-bond donors (Lipinski definition) is 3. The fourth-order valence-electron chi connectivity index (χ4n) is 3.03. The molecule has 5 amide bonds. The maximum Gasteiger partial charge on any atom is 0.334 e. The predicted octanol–water partition coefficient (Wildman–Crippen LogP) is 0.0878. The van der Waals surface area contributed by atoms with E-state index in [9.17, 15) is 22.8 Å². The van der Waals surface area contributed by atoms with Gasteiger partial charge in [0.05, 0.1) is 4.90 Å². The quantitative estimate of drug-likeness (QED) is 0.700. The number of carbonyl (C=O) groups is 3. The molecule has 25 heavy (non-hydrogen) atoms. The molecule has 2 saturated heterocycles. The maximum absolute atomic E-state index is 13.1. The van der Waals surface area contributed by atoms with Crippen LogP contribution in [0.15, 0.2) is 47.4 Å².